The fourth-order valence-electron chi connectivity index (χ4n) is 1.29. The minimum Gasteiger partial charge on any atom is -0.340 e. The van der Waals surface area contributed by atoms with Crippen LogP contribution in [0.1, 0.15) is 19.0 Å². The van der Waals surface area contributed by atoms with Crippen molar-refractivity contribution in [2.45, 2.75) is 19.9 Å². The Kier molecular flexibility index (Phi) is 5.25. The largest absolute Gasteiger partial charge is 0.340 e. The summed E-state index contributed by atoms with van der Waals surface area (Å²) < 4.78 is 1.97. The van der Waals surface area contributed by atoms with Crippen LogP contribution in [0.4, 0.5) is 0 Å². The van der Waals surface area contributed by atoms with Crippen molar-refractivity contribution in [2.75, 3.05) is 19.6 Å². The van der Waals surface area contributed by atoms with E-state index in [-0.39, 0.29) is 0 Å². The highest BCUT2D eigenvalue weighted by Crippen LogP contribution is 1.92. The summed E-state index contributed by atoms with van der Waals surface area (Å²) in [6.45, 7) is 6.18. The number of hydrogen-bond acceptors (Lipinski definition) is 3. The number of aromatic nitrogens is 2. The minimum absolute atomic E-state index is 0.868. The van der Waals surface area contributed by atoms with E-state index < -0.39 is 0 Å². The van der Waals surface area contributed by atoms with Crippen LogP contribution in [0.25, 0.3) is 0 Å². The van der Waals surface area contributed by atoms with Crippen molar-refractivity contribution in [3.8, 4) is 0 Å². The van der Waals surface area contributed by atoms with Crippen LogP contribution in [0, 0.1) is 0 Å². The quantitative estimate of drug-likeness (QED) is 0.624. The van der Waals surface area contributed by atoms with E-state index in [2.05, 4.69) is 22.5 Å². The predicted octanol–water partition coefficient (Wildman–Crippen LogP) is 0.509. The van der Waals surface area contributed by atoms with E-state index in [4.69, 9.17) is 0 Å². The molecule has 0 saturated carbocycles. The Hall–Kier alpha value is -0.870. The third kappa shape index (κ3) is 4.39. The highest BCUT2D eigenvalue weighted by Gasteiger charge is 1.94. The molecule has 0 bridgehead atoms. The Morgan fingerprint density at radius 1 is 1.36 bits per heavy atom. The van der Waals surface area contributed by atoms with Crippen LogP contribution in [-0.2, 0) is 13.6 Å². The number of imidazole rings is 1. The molecule has 4 heteroatoms. The maximum Gasteiger partial charge on any atom is 0.0947 e. The SMILES string of the molecule is CCNCCCNCc1cn(C)cn1. The van der Waals surface area contributed by atoms with Gasteiger partial charge in [-0.15, -0.1) is 0 Å². The Labute approximate surface area is 85.7 Å². The van der Waals surface area contributed by atoms with Gasteiger partial charge in [0.25, 0.3) is 0 Å². The normalized spacial score (nSPS) is 10.7. The first-order valence-corrected chi connectivity index (χ1v) is 5.21. The summed E-state index contributed by atoms with van der Waals surface area (Å²) >= 11 is 0. The van der Waals surface area contributed by atoms with Gasteiger partial charge >= 0.3 is 0 Å². The predicted molar refractivity (Wildman–Crippen MR) is 58.1 cm³/mol. The first kappa shape index (κ1) is 11.2. The summed E-state index contributed by atoms with van der Waals surface area (Å²) in [5.74, 6) is 0. The summed E-state index contributed by atoms with van der Waals surface area (Å²) in [7, 11) is 1.99. The maximum absolute atomic E-state index is 4.23. The summed E-state index contributed by atoms with van der Waals surface area (Å²) in [5, 5.41) is 6.65. The van der Waals surface area contributed by atoms with Gasteiger partial charge in [-0.3, -0.25) is 0 Å². The van der Waals surface area contributed by atoms with Crippen molar-refractivity contribution >= 4 is 0 Å². The molecule has 0 aliphatic rings. The van der Waals surface area contributed by atoms with Gasteiger partial charge in [-0.1, -0.05) is 6.92 Å². The average molecular weight is 196 g/mol. The molecule has 4 nitrogen and oxygen atoms in total. The molecule has 0 amide bonds. The molecular weight excluding hydrogens is 176 g/mol. The van der Waals surface area contributed by atoms with Crippen molar-refractivity contribution in [3.63, 3.8) is 0 Å². The van der Waals surface area contributed by atoms with Crippen LogP contribution in [0.3, 0.4) is 0 Å². The van der Waals surface area contributed by atoms with Gasteiger partial charge in [0, 0.05) is 19.8 Å². The van der Waals surface area contributed by atoms with Gasteiger partial charge in [0.15, 0.2) is 0 Å². The van der Waals surface area contributed by atoms with Gasteiger partial charge in [-0.2, -0.15) is 0 Å². The molecule has 0 aliphatic carbocycles. The zero-order valence-corrected chi connectivity index (χ0v) is 9.08. The minimum atomic E-state index is 0.868. The first-order valence-electron chi connectivity index (χ1n) is 5.21. The molecule has 0 aromatic carbocycles. The Morgan fingerprint density at radius 2 is 2.14 bits per heavy atom. The van der Waals surface area contributed by atoms with Gasteiger partial charge in [-0.25, -0.2) is 4.98 Å². The van der Waals surface area contributed by atoms with Gasteiger partial charge in [0.05, 0.1) is 12.0 Å². The van der Waals surface area contributed by atoms with Crippen LogP contribution in [-0.4, -0.2) is 29.2 Å². The first-order chi connectivity index (χ1) is 6.83. The standard InChI is InChI=1S/C10H20N4/c1-3-11-5-4-6-12-7-10-8-14(2)9-13-10/h8-9,11-12H,3-7H2,1-2H3. The number of nitrogens with one attached hydrogen (secondary N) is 2. The average Bonchev–Trinajstić information content (AvgIpc) is 2.58. The summed E-state index contributed by atoms with van der Waals surface area (Å²) in [6, 6.07) is 0. The Morgan fingerprint density at radius 3 is 2.79 bits per heavy atom. The van der Waals surface area contributed by atoms with Gasteiger partial charge in [0.1, 0.15) is 0 Å². The number of hydrogen-bond donors (Lipinski definition) is 2. The third-order valence-electron chi connectivity index (χ3n) is 2.02. The molecule has 1 aromatic rings. The van der Waals surface area contributed by atoms with E-state index in [9.17, 15) is 0 Å². The van der Waals surface area contributed by atoms with Crippen LogP contribution in [0.5, 0.6) is 0 Å². The van der Waals surface area contributed by atoms with E-state index in [1.807, 2.05) is 24.1 Å². The van der Waals surface area contributed by atoms with Gasteiger partial charge < -0.3 is 15.2 Å². The summed E-state index contributed by atoms with van der Waals surface area (Å²) in [4.78, 5) is 4.23. The zero-order chi connectivity index (χ0) is 10.2. The molecule has 1 aromatic heterocycles. The second-order valence-electron chi connectivity index (χ2n) is 3.41. The van der Waals surface area contributed by atoms with Crippen LogP contribution in [0.15, 0.2) is 12.5 Å². The second kappa shape index (κ2) is 6.56. The lowest BCUT2D eigenvalue weighted by molar-refractivity contribution is 0.602. The Bertz CT molecular complexity index is 244. The van der Waals surface area contributed by atoms with E-state index in [1.165, 1.54) is 6.42 Å². The maximum atomic E-state index is 4.23. The highest BCUT2D eigenvalue weighted by atomic mass is 15.0. The molecular formula is C10H20N4. The molecule has 80 valence electrons. The molecule has 0 atom stereocenters. The second-order valence-corrected chi connectivity index (χ2v) is 3.41. The molecule has 14 heavy (non-hydrogen) atoms. The fourth-order valence-corrected chi connectivity index (χ4v) is 1.29. The van der Waals surface area contributed by atoms with Crippen molar-refractivity contribution in [2.24, 2.45) is 7.05 Å². The van der Waals surface area contributed by atoms with Crippen molar-refractivity contribution < 1.29 is 0 Å². The van der Waals surface area contributed by atoms with E-state index in [0.29, 0.717) is 0 Å². The third-order valence-corrected chi connectivity index (χ3v) is 2.02. The van der Waals surface area contributed by atoms with Crippen LogP contribution in [0.2, 0.25) is 0 Å². The molecule has 1 heterocycles. The lowest BCUT2D eigenvalue weighted by Gasteiger charge is -2.02. The smallest absolute Gasteiger partial charge is 0.0947 e. The molecule has 0 saturated heterocycles. The molecule has 1 rings (SSSR count). The van der Waals surface area contributed by atoms with E-state index >= 15 is 0 Å². The molecule has 0 spiro atoms. The van der Waals surface area contributed by atoms with Gasteiger partial charge in [0.2, 0.25) is 0 Å². The van der Waals surface area contributed by atoms with Crippen molar-refractivity contribution in [1.29, 1.82) is 0 Å². The van der Waals surface area contributed by atoms with Crippen LogP contribution < -0.4 is 10.6 Å². The Balaban J connectivity index is 1.99. The molecule has 0 aliphatic heterocycles. The molecule has 0 radical (unpaired) electrons. The molecule has 2 N–H and O–H groups in total. The van der Waals surface area contributed by atoms with Gasteiger partial charge in [-0.05, 0) is 26.1 Å². The highest BCUT2D eigenvalue weighted by molar-refractivity contribution is 4.95. The van der Waals surface area contributed by atoms with Crippen LogP contribution >= 0.6 is 0 Å². The monoisotopic (exact) mass is 196 g/mol. The number of nitrogens with zero attached hydrogens (tertiary/aromatic N) is 2. The van der Waals surface area contributed by atoms with Crippen molar-refractivity contribution in [1.82, 2.24) is 20.2 Å². The number of aryl methyl sites for hydroxylation is 1. The summed E-state index contributed by atoms with van der Waals surface area (Å²) in [6.07, 6.45) is 5.04. The van der Waals surface area contributed by atoms with E-state index in [0.717, 1.165) is 31.9 Å². The van der Waals surface area contributed by atoms with E-state index in [1.54, 1.807) is 0 Å². The number of rotatable bonds is 7. The fraction of sp³-hybridized carbons (Fsp3) is 0.700. The molecule has 0 fully saturated rings. The zero-order valence-electron chi connectivity index (χ0n) is 9.08. The summed E-state index contributed by atoms with van der Waals surface area (Å²) in [5.41, 5.74) is 1.11. The topological polar surface area (TPSA) is 41.9 Å². The molecule has 0 unspecified atom stereocenters. The van der Waals surface area contributed by atoms with Crippen molar-refractivity contribution in [3.05, 3.63) is 18.2 Å². The lowest BCUT2D eigenvalue weighted by atomic mass is 10.4. The lowest BCUT2D eigenvalue weighted by Crippen LogP contribution is -2.21.